The standard InChI is InChI=1S/C43H75N3O30/c1-12-22(44-13(2)52)29(59)36(19(9-50)68-12)75-40-24(46-15(4)54)30(60)37(20(10-51)72-40)76-42-35(65)32(62)28(58)21(73-42)11-67-43-38(33(63)27(57)18(8-49)71-43)74-39(66)23(45-14(3)53)25(55)16(5-6-47)69-41-34(64)31(61)26(56)17(7-48)70-41/h12,16-43,47-51,55-66H,5-11H2,1-4H3,(H,44,52)(H,45,53)(H,46,54)/t12-,16+,17?,18?,19?,20?,21?,22?,23?,24?,25?,26-,27+,28+,29?,30?,31?,32?,33?,34?,35?,36+,37+,38?,39-,40-,41+,42-,43-/m0/s1. The molecule has 29 atom stereocenters. The van der Waals surface area contributed by atoms with E-state index < -0.39 is 242 Å². The Balaban J connectivity index is 1.34. The van der Waals surface area contributed by atoms with Crippen molar-refractivity contribution in [3.8, 4) is 0 Å². The van der Waals surface area contributed by atoms with Gasteiger partial charge in [-0.15, -0.1) is 0 Å². The van der Waals surface area contributed by atoms with Crippen LogP contribution in [0, 0.1) is 0 Å². The molecule has 3 amide bonds. The van der Waals surface area contributed by atoms with Gasteiger partial charge in [-0.05, 0) is 13.3 Å². The Morgan fingerprint density at radius 2 is 0.947 bits per heavy atom. The van der Waals surface area contributed by atoms with E-state index >= 15 is 0 Å². The third-order valence-electron chi connectivity index (χ3n) is 13.5. The average Bonchev–Trinajstić information content (AvgIpc) is 3.37. The molecule has 5 fully saturated rings. The molecule has 0 saturated carbocycles. The number of rotatable bonds is 23. The number of nitrogens with one attached hydrogen (secondary N) is 3. The summed E-state index contributed by atoms with van der Waals surface area (Å²) in [5, 5.41) is 189. The lowest BCUT2D eigenvalue weighted by atomic mass is 9.92. The monoisotopic (exact) mass is 1110 g/mol. The van der Waals surface area contributed by atoms with Gasteiger partial charge < -0.3 is 150 Å². The summed E-state index contributed by atoms with van der Waals surface area (Å²) in [6.45, 7) is -0.535. The molecule has 0 aromatic rings. The van der Waals surface area contributed by atoms with E-state index in [-0.39, 0.29) is 0 Å². The van der Waals surface area contributed by atoms with E-state index in [1.165, 1.54) is 13.8 Å². The van der Waals surface area contributed by atoms with Crippen molar-refractivity contribution in [2.24, 2.45) is 0 Å². The van der Waals surface area contributed by atoms with Crippen LogP contribution in [0.2, 0.25) is 0 Å². The van der Waals surface area contributed by atoms with E-state index in [4.69, 9.17) is 47.4 Å². The molecule has 20 N–H and O–H groups in total. The number of hydrogen-bond acceptors (Lipinski definition) is 30. The summed E-state index contributed by atoms with van der Waals surface area (Å²) in [5.74, 6) is -2.24. The van der Waals surface area contributed by atoms with Crippen molar-refractivity contribution in [3.63, 3.8) is 0 Å². The van der Waals surface area contributed by atoms with Gasteiger partial charge in [-0.25, -0.2) is 0 Å². The molecule has 5 aliphatic rings. The van der Waals surface area contributed by atoms with E-state index in [0.717, 1.165) is 13.8 Å². The van der Waals surface area contributed by atoms with Crippen molar-refractivity contribution in [2.45, 2.75) is 212 Å². The van der Waals surface area contributed by atoms with Gasteiger partial charge >= 0.3 is 0 Å². The Bertz CT molecular complexity index is 1820. The largest absolute Gasteiger partial charge is 0.396 e. The Kier molecular flexibility index (Phi) is 24.2. The SMILES string of the molecule is CC(=O)NC1C(O)[C@H](O[C@@H]2OC(CO[C@H]3OC(CO)[C@@H](O)C(O)C3O[C@H](O)C(NC(C)=O)C(O)[C@@H](CCO)O[C@@H]3OC(CO)[C@H](O)C(O)C3O)[C@@H](O)C(O)C2O)C(CO)O[C@H]1O[C@@H]1C(CO)O[C@@H](C)C(NC(C)=O)C1O. The number of carbonyl (C=O) groups excluding carboxylic acids is 3. The van der Waals surface area contributed by atoms with Crippen molar-refractivity contribution in [3.05, 3.63) is 0 Å². The fourth-order valence-electron chi connectivity index (χ4n) is 9.47. The molecule has 442 valence electrons. The molecule has 0 spiro atoms. The van der Waals surface area contributed by atoms with Crippen LogP contribution < -0.4 is 16.0 Å². The summed E-state index contributed by atoms with van der Waals surface area (Å²) in [5.41, 5.74) is 0. The summed E-state index contributed by atoms with van der Waals surface area (Å²) in [7, 11) is 0. The normalized spacial score (nSPS) is 43.8. The van der Waals surface area contributed by atoms with Crippen molar-refractivity contribution < 1.29 is 149 Å². The Labute approximate surface area is 433 Å². The van der Waals surface area contributed by atoms with Crippen LogP contribution in [-0.4, -0.2) is 322 Å². The van der Waals surface area contributed by atoms with Crippen molar-refractivity contribution in [1.82, 2.24) is 16.0 Å². The summed E-state index contributed by atoms with van der Waals surface area (Å²) >= 11 is 0. The Morgan fingerprint density at radius 3 is 1.49 bits per heavy atom. The van der Waals surface area contributed by atoms with Gasteiger partial charge in [0.05, 0.1) is 51.3 Å². The molecule has 5 heterocycles. The molecule has 5 aliphatic heterocycles. The molecule has 0 aliphatic carbocycles. The van der Waals surface area contributed by atoms with E-state index in [2.05, 4.69) is 16.0 Å². The van der Waals surface area contributed by atoms with E-state index in [1.807, 2.05) is 0 Å². The topological polar surface area (TPSA) is 524 Å². The molecule has 5 saturated heterocycles. The van der Waals surface area contributed by atoms with Gasteiger partial charge in [0, 0.05) is 27.4 Å². The van der Waals surface area contributed by atoms with Crippen LogP contribution in [0.25, 0.3) is 0 Å². The number of hydrogen-bond donors (Lipinski definition) is 20. The van der Waals surface area contributed by atoms with Gasteiger partial charge in [-0.3, -0.25) is 14.4 Å². The predicted molar refractivity (Wildman–Crippen MR) is 239 cm³/mol. The molecule has 0 bridgehead atoms. The predicted octanol–water partition coefficient (Wildman–Crippen LogP) is -12.6. The molecule has 0 radical (unpaired) electrons. The lowest BCUT2D eigenvalue weighted by molar-refractivity contribution is -0.367. The lowest BCUT2D eigenvalue weighted by Gasteiger charge is -2.49. The van der Waals surface area contributed by atoms with Gasteiger partial charge in [0.25, 0.3) is 0 Å². The highest BCUT2D eigenvalue weighted by molar-refractivity contribution is 5.74. The Hall–Kier alpha value is -2.67. The quantitative estimate of drug-likeness (QED) is 0.0423. The van der Waals surface area contributed by atoms with Crippen LogP contribution in [0.4, 0.5) is 0 Å². The maximum atomic E-state index is 12.5. The molecule has 0 aromatic carbocycles. The maximum absolute atomic E-state index is 12.5. The molecule has 33 nitrogen and oxygen atoms in total. The first-order valence-corrected chi connectivity index (χ1v) is 24.4. The van der Waals surface area contributed by atoms with Crippen molar-refractivity contribution in [2.75, 3.05) is 39.6 Å². The van der Waals surface area contributed by atoms with Gasteiger partial charge in [0.1, 0.15) is 128 Å². The molecule has 76 heavy (non-hydrogen) atoms. The number of amides is 3. The number of aliphatic hydroxyl groups is 17. The second-order valence-electron chi connectivity index (χ2n) is 19.1. The molecule has 0 aromatic heterocycles. The highest BCUT2D eigenvalue weighted by Gasteiger charge is 2.55. The van der Waals surface area contributed by atoms with Crippen LogP contribution in [0.3, 0.4) is 0 Å². The van der Waals surface area contributed by atoms with E-state index in [1.54, 1.807) is 0 Å². The fraction of sp³-hybridized carbons (Fsp3) is 0.930. The third-order valence-corrected chi connectivity index (χ3v) is 13.5. The average molecular weight is 1110 g/mol. The summed E-state index contributed by atoms with van der Waals surface area (Å²) in [6, 6.07) is -4.72. The minimum atomic E-state index is -2.46. The second-order valence-corrected chi connectivity index (χ2v) is 19.1. The maximum Gasteiger partial charge on any atom is 0.217 e. The smallest absolute Gasteiger partial charge is 0.217 e. The van der Waals surface area contributed by atoms with Gasteiger partial charge in [0.15, 0.2) is 31.5 Å². The minimum absolute atomic E-state index is 0.529. The van der Waals surface area contributed by atoms with Gasteiger partial charge in [0.2, 0.25) is 17.7 Å². The van der Waals surface area contributed by atoms with Crippen LogP contribution in [0.5, 0.6) is 0 Å². The van der Waals surface area contributed by atoms with Gasteiger partial charge in [-0.1, -0.05) is 0 Å². The zero-order valence-corrected chi connectivity index (χ0v) is 41.6. The number of ether oxygens (including phenoxy) is 10. The van der Waals surface area contributed by atoms with E-state index in [0.29, 0.717) is 0 Å². The fourth-order valence-corrected chi connectivity index (χ4v) is 9.47. The van der Waals surface area contributed by atoms with Crippen molar-refractivity contribution in [1.29, 1.82) is 0 Å². The zero-order valence-electron chi connectivity index (χ0n) is 41.6. The third kappa shape index (κ3) is 15.0. The highest BCUT2D eigenvalue weighted by atomic mass is 16.8. The zero-order chi connectivity index (χ0) is 56.6. The first kappa shape index (κ1) is 64.2. The van der Waals surface area contributed by atoms with Crippen LogP contribution in [-0.2, 0) is 61.8 Å². The number of carbonyl (C=O) groups is 3. The molecular weight excluding hydrogens is 1040 g/mol. The van der Waals surface area contributed by atoms with Crippen molar-refractivity contribution >= 4 is 17.7 Å². The first-order chi connectivity index (χ1) is 35.8. The van der Waals surface area contributed by atoms with Gasteiger partial charge in [-0.2, -0.15) is 0 Å². The summed E-state index contributed by atoms with van der Waals surface area (Å²) < 4.78 is 57.3. The lowest BCUT2D eigenvalue weighted by Crippen LogP contribution is -2.70. The van der Waals surface area contributed by atoms with Crippen LogP contribution >= 0.6 is 0 Å². The minimum Gasteiger partial charge on any atom is -0.396 e. The second kappa shape index (κ2) is 28.7. The highest BCUT2D eigenvalue weighted by Crippen LogP contribution is 2.34. The molecular formula is C43H75N3O30. The summed E-state index contributed by atoms with van der Waals surface area (Å²) in [4.78, 5) is 36.8. The molecule has 33 heteroatoms. The number of aliphatic hydroxyl groups excluding tert-OH is 17. The first-order valence-electron chi connectivity index (χ1n) is 24.4. The molecule has 17 unspecified atom stereocenters. The summed E-state index contributed by atoms with van der Waals surface area (Å²) in [6.07, 6.45) is -48.4. The molecule has 5 rings (SSSR count). The Morgan fingerprint density at radius 1 is 0.487 bits per heavy atom. The van der Waals surface area contributed by atoms with Crippen LogP contribution in [0.15, 0.2) is 0 Å². The van der Waals surface area contributed by atoms with E-state index in [9.17, 15) is 101 Å². The van der Waals surface area contributed by atoms with Crippen LogP contribution in [0.1, 0.15) is 34.1 Å².